The van der Waals surface area contributed by atoms with Crippen LogP contribution in [0.5, 0.6) is 0 Å². The molecule has 2 N–H and O–H groups in total. The lowest BCUT2D eigenvalue weighted by atomic mass is 10.3. The Kier molecular flexibility index (Phi) is 5.19. The summed E-state index contributed by atoms with van der Waals surface area (Å²) in [4.78, 5) is 32.7. The lowest BCUT2D eigenvalue weighted by Gasteiger charge is -2.04. The Balaban J connectivity index is 1.58. The molecule has 0 spiro atoms. The molecule has 0 aliphatic carbocycles. The maximum atomic E-state index is 12.0. The Bertz CT molecular complexity index is 864. The highest BCUT2D eigenvalue weighted by Gasteiger charge is 2.12. The first-order chi connectivity index (χ1) is 11.6. The van der Waals surface area contributed by atoms with Crippen LogP contribution in [0.2, 0.25) is 5.15 Å². The maximum absolute atomic E-state index is 12.0. The molecule has 0 atom stereocenters. The number of halogens is 1. The summed E-state index contributed by atoms with van der Waals surface area (Å²) in [5, 5.41) is 9.63. The second-order valence-corrected chi connectivity index (χ2v) is 6.81. The van der Waals surface area contributed by atoms with Gasteiger partial charge in [-0.3, -0.25) is 14.9 Å². The number of hydrogen-bond acceptors (Lipinski definition) is 6. The summed E-state index contributed by atoms with van der Waals surface area (Å²) in [6, 6.07) is 6.89. The number of thiophene rings is 1. The zero-order valence-corrected chi connectivity index (χ0v) is 14.5. The van der Waals surface area contributed by atoms with Gasteiger partial charge in [-0.25, -0.2) is 9.97 Å². The molecule has 3 aromatic heterocycles. The van der Waals surface area contributed by atoms with Gasteiger partial charge in [-0.05, 0) is 23.6 Å². The van der Waals surface area contributed by atoms with Crippen molar-refractivity contribution in [1.29, 1.82) is 0 Å². The van der Waals surface area contributed by atoms with Crippen LogP contribution in [0.25, 0.3) is 0 Å². The number of pyridine rings is 1. The van der Waals surface area contributed by atoms with Crippen molar-refractivity contribution in [3.05, 3.63) is 56.9 Å². The van der Waals surface area contributed by atoms with Crippen LogP contribution in [0.1, 0.15) is 15.4 Å². The lowest BCUT2D eigenvalue weighted by molar-refractivity contribution is -0.115. The van der Waals surface area contributed by atoms with Crippen molar-refractivity contribution in [2.24, 2.45) is 0 Å². The zero-order valence-electron chi connectivity index (χ0n) is 12.2. The minimum atomic E-state index is -0.258. The molecule has 0 aromatic carbocycles. The number of rotatable bonds is 5. The molecule has 0 saturated heterocycles. The summed E-state index contributed by atoms with van der Waals surface area (Å²) in [6.45, 7) is 0. The van der Waals surface area contributed by atoms with Crippen LogP contribution in [0.4, 0.5) is 10.8 Å². The molecule has 0 aliphatic rings. The first kappa shape index (κ1) is 16.6. The van der Waals surface area contributed by atoms with Gasteiger partial charge in [0.25, 0.3) is 5.91 Å². The van der Waals surface area contributed by atoms with Crippen LogP contribution < -0.4 is 10.6 Å². The van der Waals surface area contributed by atoms with E-state index < -0.39 is 0 Å². The van der Waals surface area contributed by atoms with Gasteiger partial charge in [-0.1, -0.05) is 17.7 Å². The van der Waals surface area contributed by atoms with E-state index >= 15 is 0 Å². The van der Waals surface area contributed by atoms with Gasteiger partial charge in [0.2, 0.25) is 5.91 Å². The molecule has 0 saturated carbocycles. The Morgan fingerprint density at radius 1 is 1.17 bits per heavy atom. The molecule has 0 aliphatic heterocycles. The molecule has 2 amide bonds. The van der Waals surface area contributed by atoms with Crippen molar-refractivity contribution in [3.63, 3.8) is 0 Å². The first-order valence-corrected chi connectivity index (χ1v) is 8.95. The summed E-state index contributed by atoms with van der Waals surface area (Å²) < 4.78 is 0. The predicted molar refractivity (Wildman–Crippen MR) is 96.0 cm³/mol. The Morgan fingerprint density at radius 2 is 2.04 bits per heavy atom. The van der Waals surface area contributed by atoms with Gasteiger partial charge in [0.15, 0.2) is 10.3 Å². The second-order valence-electron chi connectivity index (χ2n) is 4.64. The molecule has 3 aromatic rings. The summed E-state index contributed by atoms with van der Waals surface area (Å²) in [5.74, 6) is -0.469. The molecule has 0 unspecified atom stereocenters. The van der Waals surface area contributed by atoms with Crippen molar-refractivity contribution in [1.82, 2.24) is 9.97 Å². The zero-order chi connectivity index (χ0) is 16.9. The van der Waals surface area contributed by atoms with E-state index in [1.54, 1.807) is 35.8 Å². The van der Waals surface area contributed by atoms with Crippen molar-refractivity contribution < 1.29 is 9.59 Å². The molecular weight excluding hydrogens is 368 g/mol. The highest BCUT2D eigenvalue weighted by molar-refractivity contribution is 7.14. The van der Waals surface area contributed by atoms with Crippen molar-refractivity contribution in [2.45, 2.75) is 6.42 Å². The number of thiazole rings is 1. The Labute approximate surface area is 150 Å². The molecular formula is C15H11ClN4O2S2. The smallest absolute Gasteiger partial charge is 0.267 e. The van der Waals surface area contributed by atoms with Crippen LogP contribution in [0.3, 0.4) is 0 Å². The summed E-state index contributed by atoms with van der Waals surface area (Å²) in [5.41, 5.74) is 1.02. The fourth-order valence-corrected chi connectivity index (χ4v) is 3.34. The number of amides is 2. The number of carbonyl (C=O) groups excluding carboxylic acids is 2. The largest absolute Gasteiger partial charge is 0.323 e. The van der Waals surface area contributed by atoms with E-state index in [0.29, 0.717) is 21.4 Å². The van der Waals surface area contributed by atoms with Crippen LogP contribution >= 0.6 is 34.3 Å². The SMILES string of the molecule is O=C(Cc1csc(NC(=O)c2cccs2)n1)Nc1cccnc1Cl. The highest BCUT2D eigenvalue weighted by atomic mass is 35.5. The van der Waals surface area contributed by atoms with E-state index in [1.807, 2.05) is 5.38 Å². The molecule has 9 heteroatoms. The minimum absolute atomic E-state index is 0.0800. The third-order valence-corrected chi connectivity index (χ3v) is 4.87. The molecule has 24 heavy (non-hydrogen) atoms. The average Bonchev–Trinajstić information content (AvgIpc) is 3.21. The van der Waals surface area contributed by atoms with Crippen molar-refractivity contribution >= 4 is 56.9 Å². The van der Waals surface area contributed by atoms with Gasteiger partial charge in [0.05, 0.1) is 22.7 Å². The molecule has 122 valence electrons. The van der Waals surface area contributed by atoms with E-state index in [-0.39, 0.29) is 23.4 Å². The lowest BCUT2D eigenvalue weighted by Crippen LogP contribution is -2.15. The maximum Gasteiger partial charge on any atom is 0.267 e. The van der Waals surface area contributed by atoms with E-state index in [9.17, 15) is 9.59 Å². The monoisotopic (exact) mass is 378 g/mol. The number of anilines is 2. The number of nitrogens with one attached hydrogen (secondary N) is 2. The second kappa shape index (κ2) is 7.52. The molecule has 0 fully saturated rings. The summed E-state index contributed by atoms with van der Waals surface area (Å²) in [7, 11) is 0. The fraction of sp³-hybridized carbons (Fsp3) is 0.0667. The minimum Gasteiger partial charge on any atom is -0.323 e. The van der Waals surface area contributed by atoms with Gasteiger partial charge in [-0.15, -0.1) is 22.7 Å². The van der Waals surface area contributed by atoms with E-state index in [0.717, 1.165) is 0 Å². The van der Waals surface area contributed by atoms with Gasteiger partial charge in [0.1, 0.15) is 0 Å². The Hall–Kier alpha value is -2.29. The average molecular weight is 379 g/mol. The van der Waals surface area contributed by atoms with E-state index in [1.165, 1.54) is 22.7 Å². The van der Waals surface area contributed by atoms with Crippen molar-refractivity contribution in [2.75, 3.05) is 10.6 Å². The number of carbonyl (C=O) groups is 2. The van der Waals surface area contributed by atoms with Crippen LogP contribution in [0, 0.1) is 0 Å². The standard InChI is InChI=1S/C15H11ClN4O2S2/c16-13-10(3-1-5-17-13)19-12(21)7-9-8-24-15(18-9)20-14(22)11-4-2-6-23-11/h1-6,8H,7H2,(H,19,21)(H,18,20,22). The molecule has 0 bridgehead atoms. The molecule has 3 rings (SSSR count). The van der Waals surface area contributed by atoms with Crippen LogP contribution in [0.15, 0.2) is 41.2 Å². The van der Waals surface area contributed by atoms with Crippen LogP contribution in [-0.2, 0) is 11.2 Å². The third kappa shape index (κ3) is 4.16. The Morgan fingerprint density at radius 3 is 2.79 bits per heavy atom. The van der Waals surface area contributed by atoms with Crippen LogP contribution in [-0.4, -0.2) is 21.8 Å². The van der Waals surface area contributed by atoms with E-state index in [2.05, 4.69) is 20.6 Å². The quantitative estimate of drug-likeness (QED) is 0.663. The fourth-order valence-electron chi connectivity index (χ4n) is 1.85. The van der Waals surface area contributed by atoms with Gasteiger partial charge in [0, 0.05) is 11.6 Å². The summed E-state index contributed by atoms with van der Waals surface area (Å²) in [6.07, 6.45) is 1.62. The van der Waals surface area contributed by atoms with Gasteiger partial charge < -0.3 is 5.32 Å². The van der Waals surface area contributed by atoms with E-state index in [4.69, 9.17) is 11.6 Å². The van der Waals surface area contributed by atoms with Gasteiger partial charge >= 0.3 is 0 Å². The number of aromatic nitrogens is 2. The number of hydrogen-bond donors (Lipinski definition) is 2. The first-order valence-electron chi connectivity index (χ1n) is 6.81. The number of nitrogens with zero attached hydrogens (tertiary/aromatic N) is 2. The van der Waals surface area contributed by atoms with Gasteiger partial charge in [-0.2, -0.15) is 0 Å². The topological polar surface area (TPSA) is 84.0 Å². The summed E-state index contributed by atoms with van der Waals surface area (Å²) >= 11 is 8.52. The molecule has 0 radical (unpaired) electrons. The molecule has 3 heterocycles. The third-order valence-electron chi connectivity index (χ3n) is 2.89. The normalized spacial score (nSPS) is 10.4. The molecule has 6 nitrogen and oxygen atoms in total. The van der Waals surface area contributed by atoms with Crippen molar-refractivity contribution in [3.8, 4) is 0 Å². The highest BCUT2D eigenvalue weighted by Crippen LogP contribution is 2.20. The predicted octanol–water partition coefficient (Wildman–Crippen LogP) is 3.69.